The Morgan fingerprint density at radius 3 is 2.57 bits per heavy atom. The molecule has 0 spiro atoms. The summed E-state index contributed by atoms with van der Waals surface area (Å²) in [7, 11) is 1.75. The van der Waals surface area contributed by atoms with Gasteiger partial charge in [0.25, 0.3) is 5.91 Å². The summed E-state index contributed by atoms with van der Waals surface area (Å²) in [6, 6.07) is 5.77. The highest BCUT2D eigenvalue weighted by Gasteiger charge is 2.55. The zero-order valence-electron chi connectivity index (χ0n) is 16.6. The Morgan fingerprint density at radius 2 is 1.89 bits per heavy atom. The summed E-state index contributed by atoms with van der Waals surface area (Å²) in [5.74, 6) is 0.0266. The molecule has 0 radical (unpaired) electrons. The van der Waals surface area contributed by atoms with Gasteiger partial charge in [0.05, 0.1) is 0 Å². The van der Waals surface area contributed by atoms with Crippen LogP contribution in [0.4, 0.5) is 14.9 Å². The van der Waals surface area contributed by atoms with Gasteiger partial charge in [0.15, 0.2) is 0 Å². The molecule has 0 saturated carbocycles. The predicted octanol–water partition coefficient (Wildman–Crippen LogP) is 1.86. The van der Waals surface area contributed by atoms with Crippen LogP contribution in [-0.4, -0.2) is 71.8 Å². The lowest BCUT2D eigenvalue weighted by atomic mass is 10.1. The van der Waals surface area contributed by atoms with Gasteiger partial charge in [-0.05, 0) is 43.0 Å². The van der Waals surface area contributed by atoms with E-state index >= 15 is 0 Å². The van der Waals surface area contributed by atoms with Crippen molar-refractivity contribution in [1.82, 2.24) is 20.0 Å². The minimum Gasteiger partial charge on any atom is -0.343 e. The highest BCUT2D eigenvalue weighted by atomic mass is 19.1. The van der Waals surface area contributed by atoms with Crippen molar-refractivity contribution < 1.29 is 14.0 Å². The summed E-state index contributed by atoms with van der Waals surface area (Å²) in [4.78, 5) is 33.4. The Morgan fingerprint density at radius 1 is 1.18 bits per heavy atom. The lowest BCUT2D eigenvalue weighted by Gasteiger charge is -2.44. The number of imide groups is 1. The van der Waals surface area contributed by atoms with E-state index in [1.807, 2.05) is 0 Å². The maximum Gasteiger partial charge on any atom is 0.327 e. The molecule has 3 fully saturated rings. The molecule has 8 heteroatoms. The number of fused-ring (bicyclic) bond motifs is 3. The zero-order valence-corrected chi connectivity index (χ0v) is 16.6. The van der Waals surface area contributed by atoms with E-state index in [4.69, 9.17) is 0 Å². The second-order valence-electron chi connectivity index (χ2n) is 8.26. The largest absolute Gasteiger partial charge is 0.343 e. The van der Waals surface area contributed by atoms with E-state index in [1.54, 1.807) is 24.1 Å². The molecule has 3 unspecified atom stereocenters. The summed E-state index contributed by atoms with van der Waals surface area (Å²) < 4.78 is 13.3. The highest BCUT2D eigenvalue weighted by Crippen LogP contribution is 2.33. The average Bonchev–Trinajstić information content (AvgIpc) is 3.06. The van der Waals surface area contributed by atoms with Gasteiger partial charge in [-0.25, -0.2) is 9.18 Å². The smallest absolute Gasteiger partial charge is 0.327 e. The molecule has 152 valence electrons. The number of halogens is 1. The maximum absolute atomic E-state index is 13.3. The van der Waals surface area contributed by atoms with Crippen LogP contribution in [0.5, 0.6) is 0 Å². The summed E-state index contributed by atoms with van der Waals surface area (Å²) in [6.45, 7) is 6.21. The number of carbonyl (C=O) groups excluding carboxylic acids is 2. The first-order valence-corrected chi connectivity index (χ1v) is 10.0. The summed E-state index contributed by atoms with van der Waals surface area (Å²) in [6.07, 6.45) is 1.14. The van der Waals surface area contributed by atoms with Crippen molar-refractivity contribution in [2.24, 2.45) is 5.92 Å². The van der Waals surface area contributed by atoms with Crippen LogP contribution in [0, 0.1) is 11.7 Å². The number of hydrogen-bond acceptors (Lipinski definition) is 5. The van der Waals surface area contributed by atoms with Gasteiger partial charge in [0, 0.05) is 32.4 Å². The number of urea groups is 1. The SMILES string of the molecule is CC(C)CCN1C(=O)C2C(NC3N(c4ccc(F)cc4)CCCN23)N(C)C1=O. The Labute approximate surface area is 165 Å². The number of carbonyl (C=O) groups is 2. The van der Waals surface area contributed by atoms with Crippen molar-refractivity contribution in [3.8, 4) is 0 Å². The first-order chi connectivity index (χ1) is 13.4. The molecular formula is C20H28FN5O2. The number of likely N-dealkylation sites (N-methyl/N-ethyl adjacent to an activating group) is 1. The molecule has 1 aromatic rings. The van der Waals surface area contributed by atoms with Crippen LogP contribution < -0.4 is 10.2 Å². The Hall–Kier alpha value is -2.19. The third kappa shape index (κ3) is 3.14. The molecule has 3 atom stereocenters. The number of rotatable bonds is 4. The fourth-order valence-electron chi connectivity index (χ4n) is 4.41. The minimum absolute atomic E-state index is 0.121. The molecule has 3 heterocycles. The maximum atomic E-state index is 13.3. The highest BCUT2D eigenvalue weighted by molar-refractivity contribution is 6.00. The van der Waals surface area contributed by atoms with Gasteiger partial charge in [-0.1, -0.05) is 13.8 Å². The molecular weight excluding hydrogens is 361 g/mol. The quantitative estimate of drug-likeness (QED) is 0.852. The lowest BCUT2D eigenvalue weighted by Crippen LogP contribution is -2.66. The molecule has 3 saturated heterocycles. The van der Waals surface area contributed by atoms with Crippen molar-refractivity contribution in [3.63, 3.8) is 0 Å². The van der Waals surface area contributed by atoms with Crippen molar-refractivity contribution in [3.05, 3.63) is 30.1 Å². The second kappa shape index (κ2) is 7.33. The fourth-order valence-corrected chi connectivity index (χ4v) is 4.41. The van der Waals surface area contributed by atoms with E-state index in [1.165, 1.54) is 17.0 Å². The Kier molecular flexibility index (Phi) is 5.01. The first kappa shape index (κ1) is 19.1. The van der Waals surface area contributed by atoms with E-state index < -0.39 is 6.04 Å². The van der Waals surface area contributed by atoms with E-state index in [0.717, 1.165) is 31.6 Å². The third-order valence-corrected chi connectivity index (χ3v) is 5.96. The van der Waals surface area contributed by atoms with Gasteiger partial charge >= 0.3 is 6.03 Å². The van der Waals surface area contributed by atoms with Crippen LogP contribution >= 0.6 is 0 Å². The molecule has 0 aromatic heterocycles. The van der Waals surface area contributed by atoms with Crippen molar-refractivity contribution in [1.29, 1.82) is 0 Å². The standard InChI is InChI=1S/C20H28FN5O2/c1-13(2)9-12-26-18(27)16-17(23(3)20(26)28)22-19-24(10-4-11-25(16)19)15-7-5-14(21)6-8-15/h5-8,13,16-17,19,22H,4,9-12H2,1-3H3. The molecule has 3 aliphatic heterocycles. The van der Waals surface area contributed by atoms with Gasteiger partial charge < -0.3 is 9.80 Å². The molecule has 28 heavy (non-hydrogen) atoms. The summed E-state index contributed by atoms with van der Waals surface area (Å²) in [5.41, 5.74) is 0.903. The van der Waals surface area contributed by atoms with Gasteiger partial charge in [-0.3, -0.25) is 19.9 Å². The van der Waals surface area contributed by atoms with Crippen LogP contribution in [0.25, 0.3) is 0 Å². The van der Waals surface area contributed by atoms with Crippen LogP contribution in [0.1, 0.15) is 26.7 Å². The van der Waals surface area contributed by atoms with E-state index in [2.05, 4.69) is 29.0 Å². The van der Waals surface area contributed by atoms with Gasteiger partial charge in [-0.15, -0.1) is 0 Å². The molecule has 0 bridgehead atoms. The number of amides is 3. The van der Waals surface area contributed by atoms with Crippen LogP contribution in [-0.2, 0) is 4.79 Å². The van der Waals surface area contributed by atoms with Gasteiger partial charge in [0.2, 0.25) is 0 Å². The average molecular weight is 389 g/mol. The number of benzene rings is 1. The molecule has 3 amide bonds. The van der Waals surface area contributed by atoms with Crippen LogP contribution in [0.2, 0.25) is 0 Å². The topological polar surface area (TPSA) is 59.1 Å². The normalized spacial score (nSPS) is 28.2. The minimum atomic E-state index is -0.400. The monoisotopic (exact) mass is 389 g/mol. The Balaban J connectivity index is 1.60. The lowest BCUT2D eigenvalue weighted by molar-refractivity contribution is -0.138. The predicted molar refractivity (Wildman–Crippen MR) is 104 cm³/mol. The van der Waals surface area contributed by atoms with Gasteiger partial charge in [-0.2, -0.15) is 0 Å². The van der Waals surface area contributed by atoms with Gasteiger partial charge in [0.1, 0.15) is 24.3 Å². The first-order valence-electron chi connectivity index (χ1n) is 10.0. The number of anilines is 1. The molecule has 4 rings (SSSR count). The fraction of sp³-hybridized carbons (Fsp3) is 0.600. The number of hydrogen-bond donors (Lipinski definition) is 1. The number of nitrogens with one attached hydrogen (secondary N) is 1. The molecule has 3 aliphatic rings. The summed E-state index contributed by atoms with van der Waals surface area (Å²) >= 11 is 0. The van der Waals surface area contributed by atoms with E-state index in [0.29, 0.717) is 12.5 Å². The van der Waals surface area contributed by atoms with Crippen molar-refractivity contribution in [2.75, 3.05) is 31.6 Å². The second-order valence-corrected chi connectivity index (χ2v) is 8.26. The van der Waals surface area contributed by atoms with E-state index in [9.17, 15) is 14.0 Å². The van der Waals surface area contributed by atoms with Crippen LogP contribution in [0.15, 0.2) is 24.3 Å². The van der Waals surface area contributed by atoms with E-state index in [-0.39, 0.29) is 30.2 Å². The van der Waals surface area contributed by atoms with Crippen LogP contribution in [0.3, 0.4) is 0 Å². The number of nitrogens with zero attached hydrogens (tertiary/aromatic N) is 4. The Bertz CT molecular complexity index is 755. The van der Waals surface area contributed by atoms with Crippen molar-refractivity contribution >= 4 is 17.6 Å². The third-order valence-electron chi connectivity index (χ3n) is 5.96. The molecule has 1 N–H and O–H groups in total. The van der Waals surface area contributed by atoms with Crippen molar-refractivity contribution in [2.45, 2.75) is 45.2 Å². The molecule has 0 aliphatic carbocycles. The molecule has 1 aromatic carbocycles. The zero-order chi connectivity index (χ0) is 20.0. The summed E-state index contributed by atoms with van der Waals surface area (Å²) in [5, 5.41) is 3.47. The molecule has 7 nitrogen and oxygen atoms in total.